The number of aryl methyl sites for hydroxylation is 2. The summed E-state index contributed by atoms with van der Waals surface area (Å²) in [5.41, 5.74) is 1.74. The van der Waals surface area contributed by atoms with Crippen molar-refractivity contribution in [2.24, 2.45) is 0 Å². The SMILES string of the molecule is O=C(CSCc1nc2sc3c(c2c(=O)[nH]1)CCCC3)Nc1ccccc1Oc1ccccc1. The van der Waals surface area contributed by atoms with Crippen molar-refractivity contribution in [2.45, 2.75) is 31.4 Å². The molecule has 0 aliphatic heterocycles. The number of amides is 1. The average molecular weight is 478 g/mol. The summed E-state index contributed by atoms with van der Waals surface area (Å²) in [5.74, 6) is 2.45. The maximum absolute atomic E-state index is 12.7. The zero-order valence-corrected chi connectivity index (χ0v) is 19.6. The number of thiophene rings is 1. The lowest BCUT2D eigenvalue weighted by Crippen LogP contribution is -2.16. The van der Waals surface area contributed by atoms with Gasteiger partial charge in [0.25, 0.3) is 5.56 Å². The molecule has 0 atom stereocenters. The summed E-state index contributed by atoms with van der Waals surface area (Å²) in [6.45, 7) is 0. The van der Waals surface area contributed by atoms with Crippen molar-refractivity contribution in [3.05, 3.63) is 81.2 Å². The number of rotatable bonds is 7. The first-order chi connectivity index (χ1) is 16.2. The van der Waals surface area contributed by atoms with Crippen LogP contribution in [0.15, 0.2) is 59.4 Å². The third-order valence-corrected chi connectivity index (χ3v) is 7.61. The standard InChI is InChI=1S/C25H23N3O3S2/c29-22(26-18-11-5-6-12-19(18)31-16-8-2-1-3-9-16)15-32-14-21-27-24(30)23-17-10-4-7-13-20(17)33-25(23)28-21/h1-3,5-6,8-9,11-12H,4,7,10,13-15H2,(H,26,29)(H,27,28,30). The number of para-hydroxylation sites is 3. The molecule has 1 amide bonds. The molecule has 0 spiro atoms. The van der Waals surface area contributed by atoms with E-state index in [1.54, 1.807) is 11.3 Å². The topological polar surface area (TPSA) is 84.1 Å². The number of hydrogen-bond acceptors (Lipinski definition) is 6. The van der Waals surface area contributed by atoms with Crippen LogP contribution in [0, 0.1) is 0 Å². The number of anilines is 1. The van der Waals surface area contributed by atoms with Crippen molar-refractivity contribution in [1.82, 2.24) is 9.97 Å². The van der Waals surface area contributed by atoms with Crippen LogP contribution in [0.2, 0.25) is 0 Å². The molecule has 8 heteroatoms. The van der Waals surface area contributed by atoms with Crippen molar-refractivity contribution in [3.63, 3.8) is 0 Å². The summed E-state index contributed by atoms with van der Waals surface area (Å²) >= 11 is 3.05. The summed E-state index contributed by atoms with van der Waals surface area (Å²) < 4.78 is 5.90. The van der Waals surface area contributed by atoms with Gasteiger partial charge in [-0.3, -0.25) is 9.59 Å². The van der Waals surface area contributed by atoms with Gasteiger partial charge < -0.3 is 15.0 Å². The summed E-state index contributed by atoms with van der Waals surface area (Å²) in [7, 11) is 0. The number of benzene rings is 2. The van der Waals surface area contributed by atoms with Crippen LogP contribution >= 0.6 is 23.1 Å². The third-order valence-electron chi connectivity index (χ3n) is 5.48. The van der Waals surface area contributed by atoms with Gasteiger partial charge in [0.15, 0.2) is 5.75 Å². The van der Waals surface area contributed by atoms with Crippen molar-refractivity contribution < 1.29 is 9.53 Å². The fraction of sp³-hybridized carbons (Fsp3) is 0.240. The highest BCUT2D eigenvalue weighted by Crippen LogP contribution is 2.34. The number of H-pyrrole nitrogens is 1. The largest absolute Gasteiger partial charge is 0.455 e. The van der Waals surface area contributed by atoms with Gasteiger partial charge in [0.1, 0.15) is 16.4 Å². The molecular weight excluding hydrogens is 454 g/mol. The number of nitrogens with one attached hydrogen (secondary N) is 2. The predicted octanol–water partition coefficient (Wildman–Crippen LogP) is 5.53. The van der Waals surface area contributed by atoms with E-state index in [0.717, 1.165) is 29.5 Å². The second kappa shape index (κ2) is 9.80. The molecule has 5 rings (SSSR count). The fourth-order valence-electron chi connectivity index (χ4n) is 3.98. The van der Waals surface area contributed by atoms with E-state index >= 15 is 0 Å². The number of hydrogen-bond donors (Lipinski definition) is 2. The number of carbonyl (C=O) groups is 1. The van der Waals surface area contributed by atoms with Crippen LogP contribution in [0.5, 0.6) is 11.5 Å². The molecule has 2 aromatic heterocycles. The van der Waals surface area contributed by atoms with Gasteiger partial charge in [0.2, 0.25) is 5.91 Å². The molecule has 0 saturated heterocycles. The maximum Gasteiger partial charge on any atom is 0.259 e. The molecule has 0 bridgehead atoms. The smallest absolute Gasteiger partial charge is 0.259 e. The highest BCUT2D eigenvalue weighted by Gasteiger charge is 2.19. The Hall–Kier alpha value is -3.10. The van der Waals surface area contributed by atoms with E-state index < -0.39 is 0 Å². The zero-order chi connectivity index (χ0) is 22.6. The second-order valence-electron chi connectivity index (χ2n) is 7.86. The number of thioether (sulfide) groups is 1. The molecule has 0 fully saturated rings. The van der Waals surface area contributed by atoms with E-state index in [1.807, 2.05) is 54.6 Å². The Kier molecular flexibility index (Phi) is 6.46. The molecule has 4 aromatic rings. The number of nitrogens with zero attached hydrogens (tertiary/aromatic N) is 1. The van der Waals surface area contributed by atoms with Crippen molar-refractivity contribution in [3.8, 4) is 11.5 Å². The zero-order valence-electron chi connectivity index (χ0n) is 17.9. The molecule has 2 N–H and O–H groups in total. The van der Waals surface area contributed by atoms with Crippen LogP contribution in [-0.4, -0.2) is 21.6 Å². The molecule has 0 saturated carbocycles. The second-order valence-corrected chi connectivity index (χ2v) is 9.93. The highest BCUT2D eigenvalue weighted by molar-refractivity contribution is 7.99. The fourth-order valence-corrected chi connectivity index (χ4v) is 5.95. The Morgan fingerprint density at radius 3 is 2.76 bits per heavy atom. The first-order valence-electron chi connectivity index (χ1n) is 10.9. The van der Waals surface area contributed by atoms with Crippen LogP contribution in [0.25, 0.3) is 10.2 Å². The molecule has 1 aliphatic rings. The Morgan fingerprint density at radius 2 is 1.88 bits per heavy atom. The van der Waals surface area contributed by atoms with Crippen LogP contribution in [0.3, 0.4) is 0 Å². The van der Waals surface area contributed by atoms with Crippen molar-refractivity contribution in [1.29, 1.82) is 0 Å². The molecule has 0 unspecified atom stereocenters. The Morgan fingerprint density at radius 1 is 1.09 bits per heavy atom. The minimum absolute atomic E-state index is 0.0635. The van der Waals surface area contributed by atoms with Crippen LogP contribution in [0.4, 0.5) is 5.69 Å². The first kappa shape index (κ1) is 21.7. The van der Waals surface area contributed by atoms with Gasteiger partial charge in [0, 0.05) is 4.88 Å². The molecule has 2 aromatic carbocycles. The van der Waals surface area contributed by atoms with E-state index in [9.17, 15) is 9.59 Å². The van der Waals surface area contributed by atoms with Crippen LogP contribution < -0.4 is 15.6 Å². The number of aromatic amines is 1. The molecule has 2 heterocycles. The number of aromatic nitrogens is 2. The molecule has 1 aliphatic carbocycles. The maximum atomic E-state index is 12.7. The predicted molar refractivity (Wildman–Crippen MR) is 135 cm³/mol. The van der Waals surface area contributed by atoms with Gasteiger partial charge in [-0.05, 0) is 55.5 Å². The van der Waals surface area contributed by atoms with Gasteiger partial charge in [-0.25, -0.2) is 4.98 Å². The Labute approximate surface area is 199 Å². The van der Waals surface area contributed by atoms with Gasteiger partial charge >= 0.3 is 0 Å². The van der Waals surface area contributed by atoms with Crippen LogP contribution in [0.1, 0.15) is 29.1 Å². The minimum atomic E-state index is -0.140. The van der Waals surface area contributed by atoms with E-state index in [0.29, 0.717) is 28.8 Å². The molecule has 6 nitrogen and oxygen atoms in total. The lowest BCUT2D eigenvalue weighted by molar-refractivity contribution is -0.113. The Balaban J connectivity index is 1.21. The van der Waals surface area contributed by atoms with Gasteiger partial charge in [-0.2, -0.15) is 0 Å². The summed E-state index contributed by atoms with van der Waals surface area (Å²) in [4.78, 5) is 34.9. The third kappa shape index (κ3) is 4.96. The van der Waals surface area contributed by atoms with Gasteiger partial charge in [-0.1, -0.05) is 30.3 Å². The van der Waals surface area contributed by atoms with E-state index in [-0.39, 0.29) is 17.2 Å². The lowest BCUT2D eigenvalue weighted by Gasteiger charge is -2.12. The van der Waals surface area contributed by atoms with E-state index in [2.05, 4.69) is 15.3 Å². The molecular formula is C25H23N3O3S2. The summed E-state index contributed by atoms with van der Waals surface area (Å²) in [5, 5.41) is 3.68. The normalized spacial score (nSPS) is 13.0. The quantitative estimate of drug-likeness (QED) is 0.366. The van der Waals surface area contributed by atoms with Crippen LogP contribution in [-0.2, 0) is 23.4 Å². The summed E-state index contributed by atoms with van der Waals surface area (Å²) in [6, 6.07) is 16.8. The monoisotopic (exact) mass is 477 g/mol. The average Bonchev–Trinajstić information content (AvgIpc) is 3.20. The van der Waals surface area contributed by atoms with E-state index in [1.165, 1.54) is 28.6 Å². The van der Waals surface area contributed by atoms with Crippen molar-refractivity contribution >= 4 is 44.9 Å². The molecule has 168 valence electrons. The number of carbonyl (C=O) groups excluding carboxylic acids is 1. The van der Waals surface area contributed by atoms with Gasteiger partial charge in [0.05, 0.1) is 22.6 Å². The minimum Gasteiger partial charge on any atom is -0.455 e. The summed E-state index contributed by atoms with van der Waals surface area (Å²) in [6.07, 6.45) is 4.30. The lowest BCUT2D eigenvalue weighted by atomic mass is 9.97. The Bertz CT molecular complexity index is 1350. The van der Waals surface area contributed by atoms with Crippen molar-refractivity contribution in [2.75, 3.05) is 11.1 Å². The van der Waals surface area contributed by atoms with Gasteiger partial charge in [-0.15, -0.1) is 23.1 Å². The van der Waals surface area contributed by atoms with E-state index in [4.69, 9.17) is 4.74 Å². The molecule has 33 heavy (non-hydrogen) atoms. The molecule has 0 radical (unpaired) electrons. The number of fused-ring (bicyclic) bond motifs is 3. The number of ether oxygens (including phenoxy) is 1. The highest BCUT2D eigenvalue weighted by atomic mass is 32.2. The first-order valence-corrected chi connectivity index (χ1v) is 12.9.